The molecule has 1 aromatic rings. The zero-order chi connectivity index (χ0) is 12.8. The number of carbonyl (C=O) groups is 1. The number of aromatic nitrogens is 1. The van der Waals surface area contributed by atoms with Crippen LogP contribution in [0.5, 0.6) is 0 Å². The maximum Gasteiger partial charge on any atom is 0.234 e. The molecule has 0 aromatic carbocycles. The monoisotopic (exact) mass is 249 g/mol. The van der Waals surface area contributed by atoms with Crippen molar-refractivity contribution >= 4 is 5.91 Å². The molecule has 2 heterocycles. The third-order valence-electron chi connectivity index (χ3n) is 3.27. The van der Waals surface area contributed by atoms with E-state index in [0.717, 1.165) is 24.9 Å². The van der Waals surface area contributed by atoms with Crippen LogP contribution in [0.4, 0.5) is 0 Å². The molecule has 1 aliphatic rings. The summed E-state index contributed by atoms with van der Waals surface area (Å²) >= 11 is 0. The third kappa shape index (κ3) is 3.51. The molecule has 1 aliphatic heterocycles. The summed E-state index contributed by atoms with van der Waals surface area (Å²) in [7, 11) is 0. The van der Waals surface area contributed by atoms with Gasteiger partial charge in [-0.2, -0.15) is 0 Å². The molecule has 2 rings (SSSR count). The first-order valence-electron chi connectivity index (χ1n) is 6.30. The van der Waals surface area contributed by atoms with Crippen molar-refractivity contribution in [1.29, 1.82) is 0 Å². The molecule has 1 amide bonds. The van der Waals surface area contributed by atoms with Gasteiger partial charge in [-0.3, -0.25) is 14.7 Å². The molecule has 0 radical (unpaired) electrons. The Balaban J connectivity index is 1.75. The number of hydrogen-bond donors (Lipinski definition) is 2. The highest BCUT2D eigenvalue weighted by molar-refractivity contribution is 5.78. The van der Waals surface area contributed by atoms with Crippen LogP contribution in [0.25, 0.3) is 0 Å². The zero-order valence-electron chi connectivity index (χ0n) is 10.4. The van der Waals surface area contributed by atoms with Crippen molar-refractivity contribution in [3.05, 3.63) is 30.1 Å². The lowest BCUT2D eigenvalue weighted by atomic mass is 10.2. The van der Waals surface area contributed by atoms with Crippen LogP contribution in [0, 0.1) is 0 Å². The maximum atomic E-state index is 11.8. The van der Waals surface area contributed by atoms with Crippen LogP contribution in [0.2, 0.25) is 0 Å². The molecule has 0 bridgehead atoms. The number of nitrogens with zero attached hydrogens (tertiary/aromatic N) is 2. The van der Waals surface area contributed by atoms with E-state index >= 15 is 0 Å². The lowest BCUT2D eigenvalue weighted by Crippen LogP contribution is -2.40. The van der Waals surface area contributed by atoms with Gasteiger partial charge in [-0.1, -0.05) is 6.07 Å². The number of carbonyl (C=O) groups excluding carboxylic acids is 1. The van der Waals surface area contributed by atoms with Crippen molar-refractivity contribution in [2.75, 3.05) is 19.7 Å². The van der Waals surface area contributed by atoms with E-state index in [2.05, 4.69) is 10.3 Å². The Hall–Kier alpha value is -1.46. The molecule has 2 N–H and O–H groups in total. The second-order valence-corrected chi connectivity index (χ2v) is 4.59. The number of likely N-dealkylation sites (tertiary alicyclic amines) is 1. The van der Waals surface area contributed by atoms with Gasteiger partial charge in [0.25, 0.3) is 0 Å². The smallest absolute Gasteiger partial charge is 0.234 e. The lowest BCUT2D eigenvalue weighted by molar-refractivity contribution is -0.122. The lowest BCUT2D eigenvalue weighted by Gasteiger charge is -2.21. The van der Waals surface area contributed by atoms with Gasteiger partial charge in [0.05, 0.1) is 13.2 Å². The molecule has 1 fully saturated rings. The molecular weight excluding hydrogens is 230 g/mol. The van der Waals surface area contributed by atoms with Crippen LogP contribution in [0.1, 0.15) is 18.4 Å². The number of aliphatic hydroxyl groups excluding tert-OH is 1. The summed E-state index contributed by atoms with van der Waals surface area (Å²) < 4.78 is 0. The number of pyridine rings is 1. The molecule has 5 nitrogen and oxygen atoms in total. The predicted molar refractivity (Wildman–Crippen MR) is 67.8 cm³/mol. The molecule has 0 saturated carbocycles. The van der Waals surface area contributed by atoms with Crippen molar-refractivity contribution in [3.63, 3.8) is 0 Å². The fourth-order valence-corrected chi connectivity index (χ4v) is 2.25. The molecule has 0 aliphatic carbocycles. The van der Waals surface area contributed by atoms with Gasteiger partial charge >= 0.3 is 0 Å². The number of aliphatic hydroxyl groups is 1. The summed E-state index contributed by atoms with van der Waals surface area (Å²) in [5.74, 6) is -0.000738. The van der Waals surface area contributed by atoms with Crippen LogP contribution in [0.3, 0.4) is 0 Å². The number of rotatable bonds is 5. The Morgan fingerprint density at radius 1 is 1.61 bits per heavy atom. The van der Waals surface area contributed by atoms with Crippen LogP contribution in [-0.2, 0) is 11.3 Å². The molecule has 1 atom stereocenters. The van der Waals surface area contributed by atoms with E-state index in [1.807, 2.05) is 17.0 Å². The normalized spacial score (nSPS) is 19.9. The van der Waals surface area contributed by atoms with E-state index in [4.69, 9.17) is 0 Å². The largest absolute Gasteiger partial charge is 0.395 e. The van der Waals surface area contributed by atoms with E-state index in [0.29, 0.717) is 13.1 Å². The van der Waals surface area contributed by atoms with Crippen molar-refractivity contribution in [2.24, 2.45) is 0 Å². The fourth-order valence-electron chi connectivity index (χ4n) is 2.25. The van der Waals surface area contributed by atoms with Crippen LogP contribution < -0.4 is 5.32 Å². The van der Waals surface area contributed by atoms with Gasteiger partial charge in [-0.05, 0) is 31.0 Å². The van der Waals surface area contributed by atoms with Crippen LogP contribution in [0.15, 0.2) is 24.5 Å². The average molecular weight is 249 g/mol. The van der Waals surface area contributed by atoms with Gasteiger partial charge in [0.1, 0.15) is 0 Å². The summed E-state index contributed by atoms with van der Waals surface area (Å²) in [4.78, 5) is 17.8. The van der Waals surface area contributed by atoms with E-state index in [1.54, 1.807) is 12.4 Å². The fraction of sp³-hybridized carbons (Fsp3) is 0.538. The van der Waals surface area contributed by atoms with Crippen LogP contribution >= 0.6 is 0 Å². The van der Waals surface area contributed by atoms with Gasteiger partial charge in [0.15, 0.2) is 0 Å². The first kappa shape index (κ1) is 13.0. The predicted octanol–water partition coefficient (Wildman–Crippen LogP) is 0.155. The highest BCUT2D eigenvalue weighted by Crippen LogP contribution is 2.15. The van der Waals surface area contributed by atoms with E-state index < -0.39 is 0 Å². The molecule has 5 heteroatoms. The van der Waals surface area contributed by atoms with Crippen LogP contribution in [-0.4, -0.2) is 46.6 Å². The summed E-state index contributed by atoms with van der Waals surface area (Å²) in [6.45, 7) is 1.90. The van der Waals surface area contributed by atoms with E-state index in [9.17, 15) is 9.90 Å². The highest BCUT2D eigenvalue weighted by Gasteiger charge is 2.25. The standard InChI is InChI=1S/C13H19N3O2/c17-10-12-4-2-6-16(12)9-13(18)15-8-11-3-1-5-14-7-11/h1,3,5,7,12,17H,2,4,6,8-10H2,(H,15,18)/t12-/m1/s1. The minimum atomic E-state index is -0.000738. The molecule has 18 heavy (non-hydrogen) atoms. The SMILES string of the molecule is O=C(CN1CCC[C@@H]1CO)NCc1cccnc1. The number of nitrogens with one attached hydrogen (secondary N) is 1. The van der Waals surface area contributed by atoms with Crippen molar-refractivity contribution in [2.45, 2.75) is 25.4 Å². The Bertz CT molecular complexity index is 383. The third-order valence-corrected chi connectivity index (χ3v) is 3.27. The summed E-state index contributed by atoms with van der Waals surface area (Å²) in [5.41, 5.74) is 0.992. The number of amides is 1. The Morgan fingerprint density at radius 2 is 2.50 bits per heavy atom. The first-order valence-corrected chi connectivity index (χ1v) is 6.30. The molecular formula is C13H19N3O2. The quantitative estimate of drug-likeness (QED) is 0.780. The number of hydrogen-bond acceptors (Lipinski definition) is 4. The Labute approximate surface area is 107 Å². The van der Waals surface area contributed by atoms with Crippen molar-refractivity contribution in [3.8, 4) is 0 Å². The molecule has 1 saturated heterocycles. The summed E-state index contributed by atoms with van der Waals surface area (Å²) in [6, 6.07) is 3.93. The Morgan fingerprint density at radius 3 is 3.22 bits per heavy atom. The van der Waals surface area contributed by atoms with Gasteiger partial charge in [-0.15, -0.1) is 0 Å². The summed E-state index contributed by atoms with van der Waals surface area (Å²) in [6.07, 6.45) is 5.49. The second-order valence-electron chi connectivity index (χ2n) is 4.59. The molecule has 0 unspecified atom stereocenters. The van der Waals surface area contributed by atoms with E-state index in [1.165, 1.54) is 0 Å². The highest BCUT2D eigenvalue weighted by atomic mass is 16.3. The molecule has 1 aromatic heterocycles. The second kappa shape index (κ2) is 6.47. The van der Waals surface area contributed by atoms with Gasteiger partial charge in [0, 0.05) is 25.0 Å². The van der Waals surface area contributed by atoms with Gasteiger partial charge in [0.2, 0.25) is 5.91 Å². The molecule has 0 spiro atoms. The van der Waals surface area contributed by atoms with Crippen molar-refractivity contribution in [1.82, 2.24) is 15.2 Å². The topological polar surface area (TPSA) is 65.5 Å². The van der Waals surface area contributed by atoms with E-state index in [-0.39, 0.29) is 18.6 Å². The molecule has 98 valence electrons. The summed E-state index contributed by atoms with van der Waals surface area (Å²) in [5, 5.41) is 12.0. The first-order chi connectivity index (χ1) is 8.79. The van der Waals surface area contributed by atoms with Gasteiger partial charge < -0.3 is 10.4 Å². The zero-order valence-corrected chi connectivity index (χ0v) is 10.4. The van der Waals surface area contributed by atoms with Crippen molar-refractivity contribution < 1.29 is 9.90 Å². The minimum absolute atomic E-state index is 0.000738. The minimum Gasteiger partial charge on any atom is -0.395 e. The average Bonchev–Trinajstić information content (AvgIpc) is 2.85. The van der Waals surface area contributed by atoms with Gasteiger partial charge in [-0.25, -0.2) is 0 Å². The Kier molecular flexibility index (Phi) is 4.66. The maximum absolute atomic E-state index is 11.8.